The Kier molecular flexibility index (Phi) is 7.17. The van der Waals surface area contributed by atoms with Gasteiger partial charge in [-0.2, -0.15) is 0 Å². The Morgan fingerprint density at radius 3 is 2.50 bits per heavy atom. The zero-order valence-electron chi connectivity index (χ0n) is 9.75. The first-order valence-electron chi connectivity index (χ1n) is 5.32. The van der Waals surface area contributed by atoms with Crippen molar-refractivity contribution in [1.29, 1.82) is 0 Å². The van der Waals surface area contributed by atoms with E-state index >= 15 is 0 Å². The number of ether oxygens (including phenoxy) is 1. The zero-order chi connectivity index (χ0) is 11.0. The molecular formula is C12H22O2. The highest BCUT2D eigenvalue weighted by atomic mass is 16.5. The van der Waals surface area contributed by atoms with E-state index < -0.39 is 0 Å². The molecule has 0 N–H and O–H groups in total. The Bertz CT molecular complexity index is 183. The van der Waals surface area contributed by atoms with Crippen LogP contribution in [0.4, 0.5) is 0 Å². The van der Waals surface area contributed by atoms with Crippen molar-refractivity contribution in [2.24, 2.45) is 5.92 Å². The second-order valence-electron chi connectivity index (χ2n) is 4.24. The van der Waals surface area contributed by atoms with E-state index in [1.807, 2.05) is 13.0 Å². The summed E-state index contributed by atoms with van der Waals surface area (Å²) in [5.74, 6) is 0.770. The highest BCUT2D eigenvalue weighted by Crippen LogP contribution is 2.12. The lowest BCUT2D eigenvalue weighted by molar-refractivity contribution is -0.130. The van der Waals surface area contributed by atoms with Crippen LogP contribution in [-0.2, 0) is 9.53 Å². The summed E-state index contributed by atoms with van der Waals surface area (Å²) in [6.07, 6.45) is 5.49. The number of carbonyl (C=O) groups excluding carboxylic acids is 1. The monoisotopic (exact) mass is 198 g/mol. The van der Waals surface area contributed by atoms with Crippen molar-refractivity contribution in [3.63, 3.8) is 0 Å². The molecule has 0 aromatic heterocycles. The third-order valence-corrected chi connectivity index (χ3v) is 2.14. The first kappa shape index (κ1) is 13.2. The van der Waals surface area contributed by atoms with Crippen LogP contribution in [0.15, 0.2) is 11.6 Å². The second-order valence-corrected chi connectivity index (χ2v) is 4.24. The van der Waals surface area contributed by atoms with Crippen LogP contribution in [0.25, 0.3) is 0 Å². The maximum Gasteiger partial charge on any atom is 0.293 e. The van der Waals surface area contributed by atoms with E-state index in [0.29, 0.717) is 6.47 Å². The Labute approximate surface area is 87.3 Å². The normalized spacial score (nSPS) is 14.2. The number of hydrogen-bond donors (Lipinski definition) is 0. The Morgan fingerprint density at radius 1 is 1.36 bits per heavy atom. The summed E-state index contributed by atoms with van der Waals surface area (Å²) < 4.78 is 4.78. The Hall–Kier alpha value is -0.790. The molecule has 0 bridgehead atoms. The molecule has 0 aliphatic carbocycles. The lowest BCUT2D eigenvalue weighted by atomic mass is 10.0. The SMILES string of the molecule is C/C(=C\C(C)OC=O)CCCC(C)C. The molecule has 0 fully saturated rings. The molecule has 0 saturated carbocycles. The third kappa shape index (κ3) is 7.84. The van der Waals surface area contributed by atoms with Crippen LogP contribution >= 0.6 is 0 Å². The van der Waals surface area contributed by atoms with Gasteiger partial charge in [-0.3, -0.25) is 4.79 Å². The molecule has 82 valence electrons. The number of carbonyl (C=O) groups is 1. The highest BCUT2D eigenvalue weighted by Gasteiger charge is 1.99. The molecule has 2 heteroatoms. The summed E-state index contributed by atoms with van der Waals surface area (Å²) in [4.78, 5) is 10.0. The van der Waals surface area contributed by atoms with Crippen LogP contribution in [0, 0.1) is 5.92 Å². The van der Waals surface area contributed by atoms with Gasteiger partial charge >= 0.3 is 0 Å². The summed E-state index contributed by atoms with van der Waals surface area (Å²) in [5, 5.41) is 0. The van der Waals surface area contributed by atoms with Crippen molar-refractivity contribution < 1.29 is 9.53 Å². The summed E-state index contributed by atoms with van der Waals surface area (Å²) in [6, 6.07) is 0. The van der Waals surface area contributed by atoms with E-state index in [-0.39, 0.29) is 6.10 Å². The summed E-state index contributed by atoms with van der Waals surface area (Å²) in [5.41, 5.74) is 1.31. The molecule has 0 saturated heterocycles. The van der Waals surface area contributed by atoms with Gasteiger partial charge in [0, 0.05) is 0 Å². The van der Waals surface area contributed by atoms with Gasteiger partial charge in [0.15, 0.2) is 0 Å². The van der Waals surface area contributed by atoms with Crippen molar-refractivity contribution in [3.05, 3.63) is 11.6 Å². The van der Waals surface area contributed by atoms with Crippen molar-refractivity contribution >= 4 is 6.47 Å². The molecule has 0 heterocycles. The standard InChI is InChI=1S/C12H22O2/c1-10(2)6-5-7-11(3)8-12(4)14-9-13/h8-10,12H,5-7H2,1-4H3/b11-8+. The van der Waals surface area contributed by atoms with E-state index in [1.165, 1.54) is 18.4 Å². The van der Waals surface area contributed by atoms with Gasteiger partial charge in [-0.05, 0) is 38.7 Å². The van der Waals surface area contributed by atoms with Crippen LogP contribution in [0.2, 0.25) is 0 Å². The van der Waals surface area contributed by atoms with E-state index in [4.69, 9.17) is 4.74 Å². The van der Waals surface area contributed by atoms with Gasteiger partial charge in [-0.25, -0.2) is 0 Å². The van der Waals surface area contributed by atoms with E-state index in [2.05, 4.69) is 20.8 Å². The fourth-order valence-corrected chi connectivity index (χ4v) is 1.40. The van der Waals surface area contributed by atoms with Gasteiger partial charge in [-0.15, -0.1) is 0 Å². The molecule has 0 spiro atoms. The molecule has 1 atom stereocenters. The average Bonchev–Trinajstić information content (AvgIpc) is 2.03. The number of hydrogen-bond acceptors (Lipinski definition) is 2. The fraction of sp³-hybridized carbons (Fsp3) is 0.750. The summed E-state index contributed by atoms with van der Waals surface area (Å²) in [7, 11) is 0. The predicted molar refractivity (Wildman–Crippen MR) is 59.1 cm³/mol. The molecule has 0 radical (unpaired) electrons. The molecule has 0 aliphatic heterocycles. The Balaban J connectivity index is 3.70. The van der Waals surface area contributed by atoms with Gasteiger partial charge in [0.05, 0.1) is 0 Å². The zero-order valence-corrected chi connectivity index (χ0v) is 9.75. The molecular weight excluding hydrogens is 176 g/mol. The minimum Gasteiger partial charge on any atom is -0.461 e. The first-order chi connectivity index (χ1) is 6.56. The quantitative estimate of drug-likeness (QED) is 0.463. The summed E-state index contributed by atoms with van der Waals surface area (Å²) >= 11 is 0. The first-order valence-corrected chi connectivity index (χ1v) is 5.32. The third-order valence-electron chi connectivity index (χ3n) is 2.14. The van der Waals surface area contributed by atoms with Gasteiger partial charge in [0.25, 0.3) is 6.47 Å². The molecule has 0 aromatic carbocycles. The van der Waals surface area contributed by atoms with Crippen LogP contribution in [0.3, 0.4) is 0 Å². The second kappa shape index (κ2) is 7.60. The number of rotatable bonds is 7. The molecule has 2 nitrogen and oxygen atoms in total. The van der Waals surface area contributed by atoms with Crippen LogP contribution in [0.5, 0.6) is 0 Å². The molecule has 1 unspecified atom stereocenters. The fourth-order valence-electron chi connectivity index (χ4n) is 1.40. The lowest BCUT2D eigenvalue weighted by Gasteiger charge is -2.07. The largest absolute Gasteiger partial charge is 0.461 e. The van der Waals surface area contributed by atoms with Crippen LogP contribution < -0.4 is 0 Å². The van der Waals surface area contributed by atoms with Crippen LogP contribution in [0.1, 0.15) is 47.0 Å². The maximum atomic E-state index is 10.0. The molecule has 0 amide bonds. The lowest BCUT2D eigenvalue weighted by Crippen LogP contribution is -2.03. The van der Waals surface area contributed by atoms with Gasteiger partial charge in [0.1, 0.15) is 6.10 Å². The van der Waals surface area contributed by atoms with Crippen molar-refractivity contribution in [3.8, 4) is 0 Å². The van der Waals surface area contributed by atoms with Crippen molar-refractivity contribution in [2.45, 2.75) is 53.1 Å². The van der Waals surface area contributed by atoms with Crippen LogP contribution in [-0.4, -0.2) is 12.6 Å². The Morgan fingerprint density at radius 2 is 2.00 bits per heavy atom. The number of allylic oxidation sites excluding steroid dienone is 1. The van der Waals surface area contributed by atoms with E-state index in [1.54, 1.807) is 0 Å². The average molecular weight is 198 g/mol. The molecule has 0 aliphatic rings. The highest BCUT2D eigenvalue weighted by molar-refractivity contribution is 5.37. The van der Waals surface area contributed by atoms with E-state index in [0.717, 1.165) is 12.3 Å². The summed E-state index contributed by atoms with van der Waals surface area (Å²) in [6.45, 7) is 8.93. The van der Waals surface area contributed by atoms with Gasteiger partial charge in [-0.1, -0.05) is 25.8 Å². The van der Waals surface area contributed by atoms with E-state index in [9.17, 15) is 4.79 Å². The molecule has 0 aromatic rings. The molecule has 0 rings (SSSR count). The smallest absolute Gasteiger partial charge is 0.293 e. The minimum absolute atomic E-state index is 0.0912. The van der Waals surface area contributed by atoms with Crippen molar-refractivity contribution in [1.82, 2.24) is 0 Å². The maximum absolute atomic E-state index is 10.0. The van der Waals surface area contributed by atoms with Gasteiger partial charge < -0.3 is 4.74 Å². The predicted octanol–water partition coefficient (Wildman–Crippen LogP) is 3.32. The topological polar surface area (TPSA) is 26.3 Å². The molecule has 14 heavy (non-hydrogen) atoms. The minimum atomic E-state index is -0.0912. The van der Waals surface area contributed by atoms with Gasteiger partial charge in [0.2, 0.25) is 0 Å². The van der Waals surface area contributed by atoms with Crippen molar-refractivity contribution in [2.75, 3.05) is 0 Å².